The van der Waals surface area contributed by atoms with Crippen LogP contribution < -0.4 is 16.4 Å². The van der Waals surface area contributed by atoms with Gasteiger partial charge in [0.1, 0.15) is 24.2 Å². The maximum Gasteiger partial charge on any atom is 0.326 e. The smallest absolute Gasteiger partial charge is 0.326 e. The van der Waals surface area contributed by atoms with Crippen molar-refractivity contribution in [1.82, 2.24) is 15.5 Å². The third-order valence-corrected chi connectivity index (χ3v) is 4.65. The van der Waals surface area contributed by atoms with Crippen LogP contribution in [-0.2, 0) is 19.2 Å². The van der Waals surface area contributed by atoms with E-state index in [1.165, 1.54) is 11.8 Å². The molecular formula is C17H30N4O7. The van der Waals surface area contributed by atoms with Gasteiger partial charge in [0.05, 0.1) is 12.7 Å². The molecule has 0 aromatic heterocycles. The van der Waals surface area contributed by atoms with Crippen LogP contribution >= 0.6 is 0 Å². The van der Waals surface area contributed by atoms with E-state index in [0.29, 0.717) is 12.8 Å². The van der Waals surface area contributed by atoms with Gasteiger partial charge in [0, 0.05) is 6.54 Å². The van der Waals surface area contributed by atoms with Gasteiger partial charge in [-0.2, -0.15) is 0 Å². The Morgan fingerprint density at radius 2 is 1.68 bits per heavy atom. The van der Waals surface area contributed by atoms with Gasteiger partial charge in [0.15, 0.2) is 0 Å². The van der Waals surface area contributed by atoms with Gasteiger partial charge in [-0.25, -0.2) is 4.79 Å². The number of aliphatic carboxylic acids is 1. The van der Waals surface area contributed by atoms with Crippen LogP contribution in [0.25, 0.3) is 0 Å². The Hall–Kier alpha value is -2.24. The number of aliphatic hydroxyl groups is 2. The lowest BCUT2D eigenvalue weighted by molar-refractivity contribution is -0.150. The molecule has 1 aliphatic rings. The lowest BCUT2D eigenvalue weighted by Gasteiger charge is -2.31. The summed E-state index contributed by atoms with van der Waals surface area (Å²) >= 11 is 0. The van der Waals surface area contributed by atoms with E-state index in [1.807, 2.05) is 0 Å². The van der Waals surface area contributed by atoms with Gasteiger partial charge < -0.3 is 36.6 Å². The van der Waals surface area contributed by atoms with Crippen molar-refractivity contribution in [3.05, 3.63) is 0 Å². The highest BCUT2D eigenvalue weighted by atomic mass is 16.4. The average Bonchev–Trinajstić information content (AvgIpc) is 3.11. The highest BCUT2D eigenvalue weighted by Crippen LogP contribution is 2.20. The molecule has 11 nitrogen and oxygen atoms in total. The zero-order valence-electron chi connectivity index (χ0n) is 16.3. The van der Waals surface area contributed by atoms with E-state index < -0.39 is 60.6 Å². The summed E-state index contributed by atoms with van der Waals surface area (Å²) in [7, 11) is 0. The molecule has 1 fully saturated rings. The summed E-state index contributed by atoms with van der Waals surface area (Å²) in [6.45, 7) is 4.29. The number of nitrogens with one attached hydrogen (secondary N) is 2. The van der Waals surface area contributed by atoms with E-state index in [4.69, 9.17) is 10.8 Å². The molecule has 7 N–H and O–H groups in total. The van der Waals surface area contributed by atoms with Crippen molar-refractivity contribution in [1.29, 1.82) is 0 Å². The lowest BCUT2D eigenvalue weighted by Crippen LogP contribution is -2.61. The molecule has 28 heavy (non-hydrogen) atoms. The van der Waals surface area contributed by atoms with Gasteiger partial charge in [-0.15, -0.1) is 0 Å². The average molecular weight is 402 g/mol. The van der Waals surface area contributed by atoms with Crippen LogP contribution in [0.2, 0.25) is 0 Å². The molecule has 0 spiro atoms. The number of amides is 3. The van der Waals surface area contributed by atoms with Crippen molar-refractivity contribution >= 4 is 23.7 Å². The summed E-state index contributed by atoms with van der Waals surface area (Å²) in [5, 5.41) is 32.8. The first kappa shape index (κ1) is 23.8. The normalized spacial score (nSPS) is 21.0. The molecule has 5 unspecified atom stereocenters. The van der Waals surface area contributed by atoms with Gasteiger partial charge in [-0.05, 0) is 25.7 Å². The van der Waals surface area contributed by atoms with Crippen LogP contribution in [0.4, 0.5) is 0 Å². The molecule has 0 aromatic carbocycles. The summed E-state index contributed by atoms with van der Waals surface area (Å²) in [4.78, 5) is 49.9. The van der Waals surface area contributed by atoms with Crippen LogP contribution in [0.5, 0.6) is 0 Å². The predicted octanol–water partition coefficient (Wildman–Crippen LogP) is -2.61. The molecule has 1 rings (SSSR count). The molecule has 0 bridgehead atoms. The minimum Gasteiger partial charge on any atom is -0.480 e. The SMILES string of the molecule is CC(C)C(NC(=O)C(NC(=O)C(N)CO)C(C)O)C(=O)N1CCCC1C(=O)O. The Morgan fingerprint density at radius 3 is 2.14 bits per heavy atom. The number of carbonyl (C=O) groups is 4. The topological polar surface area (TPSA) is 182 Å². The van der Waals surface area contributed by atoms with Gasteiger partial charge in [0.25, 0.3) is 0 Å². The van der Waals surface area contributed by atoms with Crippen LogP contribution in [0.15, 0.2) is 0 Å². The fourth-order valence-corrected chi connectivity index (χ4v) is 2.97. The molecular weight excluding hydrogens is 372 g/mol. The number of carbonyl (C=O) groups excluding carboxylic acids is 3. The van der Waals surface area contributed by atoms with Crippen molar-refractivity contribution in [3.8, 4) is 0 Å². The number of likely N-dealkylation sites (tertiary alicyclic amines) is 1. The molecule has 3 amide bonds. The maximum atomic E-state index is 12.9. The van der Waals surface area contributed by atoms with Crippen molar-refractivity contribution < 1.29 is 34.5 Å². The highest BCUT2D eigenvalue weighted by molar-refractivity contribution is 5.94. The summed E-state index contributed by atoms with van der Waals surface area (Å²) in [6, 6.07) is -4.64. The van der Waals surface area contributed by atoms with E-state index in [9.17, 15) is 29.4 Å². The molecule has 0 saturated carbocycles. The third kappa shape index (κ3) is 5.88. The first-order chi connectivity index (χ1) is 13.0. The zero-order valence-corrected chi connectivity index (χ0v) is 16.3. The molecule has 0 aromatic rings. The van der Waals surface area contributed by atoms with Crippen LogP contribution in [0.1, 0.15) is 33.6 Å². The molecule has 5 atom stereocenters. The highest BCUT2D eigenvalue weighted by Gasteiger charge is 2.39. The van der Waals surface area contributed by atoms with Gasteiger partial charge in [0.2, 0.25) is 17.7 Å². The number of hydrogen-bond acceptors (Lipinski definition) is 7. The van der Waals surface area contributed by atoms with Crippen molar-refractivity contribution in [2.45, 2.75) is 63.9 Å². The first-order valence-corrected chi connectivity index (χ1v) is 9.19. The van der Waals surface area contributed by atoms with E-state index in [2.05, 4.69) is 10.6 Å². The standard InChI is InChI=1S/C17H30N4O7/c1-8(2)12(16(26)21-6-4-5-11(21)17(27)28)19-15(25)13(9(3)23)20-14(24)10(18)7-22/h8-13,22-23H,4-7,18H2,1-3H3,(H,19,25)(H,20,24)(H,27,28). The molecule has 160 valence electrons. The summed E-state index contributed by atoms with van der Waals surface area (Å²) in [6.07, 6.45) is -0.408. The lowest BCUT2D eigenvalue weighted by atomic mass is 10.0. The maximum absolute atomic E-state index is 12.9. The molecule has 1 heterocycles. The van der Waals surface area contributed by atoms with Crippen LogP contribution in [0, 0.1) is 5.92 Å². The van der Waals surface area contributed by atoms with Gasteiger partial charge in [-0.1, -0.05) is 13.8 Å². The Balaban J connectivity index is 2.93. The van der Waals surface area contributed by atoms with Crippen LogP contribution in [-0.4, -0.2) is 87.3 Å². The van der Waals surface area contributed by atoms with Gasteiger partial charge >= 0.3 is 5.97 Å². The van der Waals surface area contributed by atoms with E-state index in [-0.39, 0.29) is 12.5 Å². The minimum absolute atomic E-state index is 0.275. The fraction of sp³-hybridized carbons (Fsp3) is 0.765. The van der Waals surface area contributed by atoms with Crippen molar-refractivity contribution in [2.24, 2.45) is 11.7 Å². The number of carboxylic acids is 1. The summed E-state index contributed by atoms with van der Waals surface area (Å²) < 4.78 is 0. The number of rotatable bonds is 9. The second-order valence-corrected chi connectivity index (χ2v) is 7.27. The second kappa shape index (κ2) is 10.3. The number of aliphatic hydroxyl groups excluding tert-OH is 2. The predicted molar refractivity (Wildman–Crippen MR) is 97.8 cm³/mol. The number of hydrogen-bond donors (Lipinski definition) is 6. The Morgan fingerprint density at radius 1 is 1.11 bits per heavy atom. The van der Waals surface area contributed by atoms with Gasteiger partial charge in [-0.3, -0.25) is 14.4 Å². The summed E-state index contributed by atoms with van der Waals surface area (Å²) in [5.74, 6) is -3.65. The first-order valence-electron chi connectivity index (χ1n) is 9.19. The minimum atomic E-state index is -1.40. The number of carboxylic acid groups (broad SMARTS) is 1. The molecule has 1 saturated heterocycles. The second-order valence-electron chi connectivity index (χ2n) is 7.27. The largest absolute Gasteiger partial charge is 0.480 e. The van der Waals surface area contributed by atoms with Crippen molar-refractivity contribution in [2.75, 3.05) is 13.2 Å². The van der Waals surface area contributed by atoms with Crippen LogP contribution in [0.3, 0.4) is 0 Å². The zero-order chi connectivity index (χ0) is 21.6. The summed E-state index contributed by atoms with van der Waals surface area (Å²) in [5.41, 5.74) is 5.40. The van der Waals surface area contributed by atoms with E-state index in [1.54, 1.807) is 13.8 Å². The molecule has 0 aliphatic carbocycles. The Labute approximate surface area is 163 Å². The molecule has 11 heteroatoms. The number of nitrogens with two attached hydrogens (primary N) is 1. The third-order valence-electron chi connectivity index (χ3n) is 4.65. The Kier molecular flexibility index (Phi) is 8.79. The molecule has 1 aliphatic heterocycles. The monoisotopic (exact) mass is 402 g/mol. The number of nitrogens with zero attached hydrogens (tertiary/aromatic N) is 1. The Bertz CT molecular complexity index is 596. The molecule has 0 radical (unpaired) electrons. The van der Waals surface area contributed by atoms with Crippen molar-refractivity contribution in [3.63, 3.8) is 0 Å². The fourth-order valence-electron chi connectivity index (χ4n) is 2.97. The quantitative estimate of drug-likeness (QED) is 0.242. The van der Waals surface area contributed by atoms with E-state index >= 15 is 0 Å². The van der Waals surface area contributed by atoms with E-state index in [0.717, 1.165) is 0 Å².